The van der Waals surface area contributed by atoms with E-state index >= 15 is 0 Å². The Morgan fingerprint density at radius 2 is 1.43 bits per heavy atom. The lowest BCUT2D eigenvalue weighted by atomic mass is 9.77. The third kappa shape index (κ3) is 2.74. The molecule has 2 saturated heterocycles. The molecule has 2 amide bonds. The molecule has 7 nitrogen and oxygen atoms in total. The number of carbonyl (C=O) groups excluding carboxylic acids is 4. The Bertz CT molecular complexity index is 1380. The average Bonchev–Trinajstić information content (AvgIpc) is 3.44. The van der Waals surface area contributed by atoms with Crippen molar-refractivity contribution >= 4 is 29.1 Å². The largest absolute Gasteiger partial charge is 0.497 e. The molecule has 8 heteroatoms. The first-order valence-corrected chi connectivity index (χ1v) is 11.0. The van der Waals surface area contributed by atoms with Gasteiger partial charge in [-0.05, 0) is 42.0 Å². The number of fused-ring (bicyclic) bond motifs is 3. The summed E-state index contributed by atoms with van der Waals surface area (Å²) >= 11 is 0. The topological polar surface area (TPSA) is 90.0 Å². The molecule has 0 bridgehead atoms. The number of hydrogen-bond acceptors (Lipinski definition) is 6. The summed E-state index contributed by atoms with van der Waals surface area (Å²) < 4.78 is 25.0. The van der Waals surface area contributed by atoms with Gasteiger partial charge in [0, 0.05) is 11.1 Å². The van der Waals surface area contributed by atoms with Crippen LogP contribution >= 0.6 is 0 Å². The van der Waals surface area contributed by atoms with Crippen molar-refractivity contribution in [2.75, 3.05) is 12.0 Å². The van der Waals surface area contributed by atoms with Crippen molar-refractivity contribution < 1.29 is 33.0 Å². The molecule has 6 rings (SSSR count). The van der Waals surface area contributed by atoms with Gasteiger partial charge in [-0.15, -0.1) is 0 Å². The van der Waals surface area contributed by atoms with Gasteiger partial charge in [-0.2, -0.15) is 0 Å². The summed E-state index contributed by atoms with van der Waals surface area (Å²) in [4.78, 5) is 55.9. The number of anilines is 1. The number of methoxy groups -OCH3 is 1. The number of imide groups is 1. The van der Waals surface area contributed by atoms with E-state index in [1.54, 1.807) is 36.4 Å². The molecule has 2 heterocycles. The van der Waals surface area contributed by atoms with Crippen molar-refractivity contribution in [3.63, 3.8) is 0 Å². The summed E-state index contributed by atoms with van der Waals surface area (Å²) in [5.41, 5.74) is -1.18. The molecule has 0 saturated carbocycles. The Kier molecular flexibility index (Phi) is 4.53. The molecule has 174 valence electrons. The van der Waals surface area contributed by atoms with Crippen molar-refractivity contribution in [3.05, 3.63) is 95.3 Å². The molecule has 3 aromatic carbocycles. The minimum absolute atomic E-state index is 0.152. The molecule has 35 heavy (non-hydrogen) atoms. The smallest absolute Gasteiger partial charge is 0.241 e. The predicted molar refractivity (Wildman–Crippen MR) is 121 cm³/mol. The Balaban J connectivity index is 1.52. The van der Waals surface area contributed by atoms with Crippen LogP contribution in [0, 0.1) is 17.7 Å². The standard InChI is InChI=1S/C27H18FNO6/c1-34-17-12-10-16(11-13-17)29-25(32)20-21(26(29)33)27(35-22(20)14-6-8-15(28)9-7-14)23(30)18-4-2-3-5-19(18)24(27)31/h2-13,20-22H,1H3/t20-,21+,22+/m1/s1. The molecule has 3 aliphatic rings. The van der Waals surface area contributed by atoms with E-state index in [2.05, 4.69) is 0 Å². The highest BCUT2D eigenvalue weighted by molar-refractivity contribution is 6.37. The molecular formula is C27H18FNO6. The SMILES string of the molecule is COc1ccc(N2C(=O)[C@@H]3[C@@H](C2=O)C2(O[C@H]3c3ccc(F)cc3)C(=O)c3ccccc3C2=O)cc1. The second kappa shape index (κ2) is 7.41. The molecule has 1 aliphatic carbocycles. The first kappa shape index (κ1) is 21.4. The van der Waals surface area contributed by atoms with Crippen LogP contribution in [0.3, 0.4) is 0 Å². The van der Waals surface area contributed by atoms with Crippen LogP contribution in [-0.4, -0.2) is 36.1 Å². The van der Waals surface area contributed by atoms with Gasteiger partial charge in [-0.3, -0.25) is 19.2 Å². The molecule has 0 aromatic heterocycles. The fourth-order valence-corrected chi connectivity index (χ4v) is 5.46. The summed E-state index contributed by atoms with van der Waals surface area (Å²) in [5.74, 6) is -5.03. The number of nitrogens with zero attached hydrogens (tertiary/aromatic N) is 1. The summed E-state index contributed by atoms with van der Waals surface area (Å²) in [6.07, 6.45) is -1.09. The molecule has 3 atom stereocenters. The van der Waals surface area contributed by atoms with Crippen LogP contribution in [-0.2, 0) is 14.3 Å². The fourth-order valence-electron chi connectivity index (χ4n) is 5.46. The molecule has 2 fully saturated rings. The van der Waals surface area contributed by atoms with Gasteiger partial charge >= 0.3 is 0 Å². The van der Waals surface area contributed by atoms with E-state index in [0.717, 1.165) is 4.90 Å². The Morgan fingerprint density at radius 1 is 0.829 bits per heavy atom. The van der Waals surface area contributed by atoms with Crippen LogP contribution in [0.2, 0.25) is 0 Å². The van der Waals surface area contributed by atoms with Crippen LogP contribution in [0.5, 0.6) is 5.75 Å². The van der Waals surface area contributed by atoms with Gasteiger partial charge in [0.05, 0.1) is 30.7 Å². The van der Waals surface area contributed by atoms with Crippen molar-refractivity contribution in [2.45, 2.75) is 11.7 Å². The number of ether oxygens (including phenoxy) is 2. The maximum atomic E-state index is 13.8. The predicted octanol–water partition coefficient (Wildman–Crippen LogP) is 3.53. The van der Waals surface area contributed by atoms with Crippen LogP contribution < -0.4 is 9.64 Å². The van der Waals surface area contributed by atoms with Crippen LogP contribution in [0.15, 0.2) is 72.8 Å². The molecule has 0 unspecified atom stereocenters. The van der Waals surface area contributed by atoms with E-state index in [1.807, 2.05) is 0 Å². The van der Waals surface area contributed by atoms with Crippen LogP contribution in [0.1, 0.15) is 32.4 Å². The molecular weight excluding hydrogens is 453 g/mol. The number of carbonyl (C=O) groups is 4. The lowest BCUT2D eigenvalue weighted by Crippen LogP contribution is -2.51. The van der Waals surface area contributed by atoms with E-state index in [-0.39, 0.29) is 11.1 Å². The highest BCUT2D eigenvalue weighted by Gasteiger charge is 2.74. The zero-order valence-corrected chi connectivity index (χ0v) is 18.4. The molecule has 3 aromatic rings. The molecule has 1 spiro atoms. The van der Waals surface area contributed by atoms with Gasteiger partial charge in [0.15, 0.2) is 0 Å². The van der Waals surface area contributed by atoms with Crippen LogP contribution in [0.4, 0.5) is 10.1 Å². The Morgan fingerprint density at radius 3 is 2.00 bits per heavy atom. The van der Waals surface area contributed by atoms with Gasteiger partial charge in [0.25, 0.3) is 0 Å². The Labute approximate surface area is 199 Å². The Hall–Kier alpha value is -4.17. The van der Waals surface area contributed by atoms with Gasteiger partial charge < -0.3 is 9.47 Å². The van der Waals surface area contributed by atoms with Crippen molar-refractivity contribution in [1.29, 1.82) is 0 Å². The average molecular weight is 471 g/mol. The normalized spacial score (nSPS) is 24.3. The molecule has 0 N–H and O–H groups in total. The summed E-state index contributed by atoms with van der Waals surface area (Å²) in [6.45, 7) is 0. The van der Waals surface area contributed by atoms with Gasteiger partial charge in [0.2, 0.25) is 29.0 Å². The molecule has 2 aliphatic heterocycles. The summed E-state index contributed by atoms with van der Waals surface area (Å²) in [6, 6.07) is 17.9. The first-order chi connectivity index (χ1) is 16.9. The summed E-state index contributed by atoms with van der Waals surface area (Å²) in [5, 5.41) is 0. The highest BCUT2D eigenvalue weighted by Crippen LogP contribution is 2.57. The van der Waals surface area contributed by atoms with E-state index in [1.165, 1.54) is 43.5 Å². The van der Waals surface area contributed by atoms with Crippen LogP contribution in [0.25, 0.3) is 0 Å². The first-order valence-electron chi connectivity index (χ1n) is 11.0. The van der Waals surface area contributed by atoms with E-state index in [0.29, 0.717) is 17.0 Å². The summed E-state index contributed by atoms with van der Waals surface area (Å²) in [7, 11) is 1.49. The van der Waals surface area contributed by atoms with Gasteiger partial charge in [-0.1, -0.05) is 36.4 Å². The number of ketones is 2. The number of Topliss-reactive ketones (excluding diaryl/α,β-unsaturated/α-hetero) is 2. The van der Waals surface area contributed by atoms with E-state index < -0.39 is 52.7 Å². The minimum atomic E-state index is -2.17. The maximum absolute atomic E-state index is 13.8. The highest BCUT2D eigenvalue weighted by atomic mass is 19.1. The second-order valence-corrected chi connectivity index (χ2v) is 8.74. The van der Waals surface area contributed by atoms with Crippen molar-refractivity contribution in [1.82, 2.24) is 0 Å². The zero-order valence-electron chi connectivity index (χ0n) is 18.4. The monoisotopic (exact) mass is 471 g/mol. The fraction of sp³-hybridized carbons (Fsp3) is 0.185. The third-order valence-corrected chi connectivity index (χ3v) is 7.05. The van der Waals surface area contributed by atoms with Crippen molar-refractivity contribution in [2.24, 2.45) is 11.8 Å². The second-order valence-electron chi connectivity index (χ2n) is 8.74. The number of benzene rings is 3. The number of rotatable bonds is 3. The maximum Gasteiger partial charge on any atom is 0.241 e. The van der Waals surface area contributed by atoms with Gasteiger partial charge in [0.1, 0.15) is 11.6 Å². The van der Waals surface area contributed by atoms with Gasteiger partial charge in [-0.25, -0.2) is 9.29 Å². The van der Waals surface area contributed by atoms with E-state index in [9.17, 15) is 23.6 Å². The third-order valence-electron chi connectivity index (χ3n) is 7.05. The zero-order chi connectivity index (χ0) is 24.5. The minimum Gasteiger partial charge on any atom is -0.497 e. The number of halogens is 1. The number of amides is 2. The number of hydrogen-bond donors (Lipinski definition) is 0. The molecule has 0 radical (unpaired) electrons. The quantitative estimate of drug-likeness (QED) is 0.429. The van der Waals surface area contributed by atoms with E-state index in [4.69, 9.17) is 9.47 Å². The lowest BCUT2D eigenvalue weighted by molar-refractivity contribution is -0.127. The van der Waals surface area contributed by atoms with Crippen molar-refractivity contribution in [3.8, 4) is 5.75 Å². The lowest BCUT2D eigenvalue weighted by Gasteiger charge is -2.27.